The number of H-pyrrole nitrogens is 1. The first-order chi connectivity index (χ1) is 9.36. The molecule has 1 aromatic heterocycles. The normalized spacial score (nSPS) is 14.2. The van der Waals surface area contributed by atoms with Gasteiger partial charge in [-0.2, -0.15) is 5.10 Å². The first-order valence-corrected chi connectivity index (χ1v) is 6.36. The molecule has 1 N–H and O–H groups in total. The first kappa shape index (κ1) is 11.7. The minimum atomic E-state index is -0.149. The summed E-state index contributed by atoms with van der Waals surface area (Å²) in [5.41, 5.74) is 3.42. The highest BCUT2D eigenvalue weighted by Crippen LogP contribution is 2.28. The molecule has 1 aromatic carbocycles. The number of aromatic nitrogens is 2. The van der Waals surface area contributed by atoms with Crippen molar-refractivity contribution < 1.29 is 0 Å². The summed E-state index contributed by atoms with van der Waals surface area (Å²) in [7, 11) is 0. The molecule has 0 radical (unpaired) electrons. The molecule has 94 valence electrons. The van der Waals surface area contributed by atoms with Gasteiger partial charge in [0, 0.05) is 5.56 Å². The van der Waals surface area contributed by atoms with Gasteiger partial charge in [0.15, 0.2) is 0 Å². The molecule has 3 heteroatoms. The van der Waals surface area contributed by atoms with Crippen molar-refractivity contribution in [1.82, 2.24) is 10.2 Å². The number of nitrogens with zero attached hydrogens (tertiary/aromatic N) is 1. The van der Waals surface area contributed by atoms with Crippen molar-refractivity contribution in [1.29, 1.82) is 0 Å². The van der Waals surface area contributed by atoms with E-state index in [-0.39, 0.29) is 5.56 Å². The number of rotatable bonds is 2. The molecule has 0 bridgehead atoms. The molecule has 0 amide bonds. The van der Waals surface area contributed by atoms with E-state index < -0.39 is 0 Å². The second kappa shape index (κ2) is 5.06. The van der Waals surface area contributed by atoms with Gasteiger partial charge in [-0.25, -0.2) is 5.10 Å². The molecule has 0 saturated heterocycles. The zero-order valence-corrected chi connectivity index (χ0v) is 10.5. The zero-order chi connectivity index (χ0) is 13.1. The van der Waals surface area contributed by atoms with Crippen LogP contribution < -0.4 is 5.56 Å². The molecule has 3 rings (SSSR count). The van der Waals surface area contributed by atoms with Gasteiger partial charge in [-0.15, -0.1) is 0 Å². The van der Waals surface area contributed by atoms with Crippen molar-refractivity contribution in [2.24, 2.45) is 0 Å². The minimum absolute atomic E-state index is 0.149. The van der Waals surface area contributed by atoms with Crippen LogP contribution in [0.1, 0.15) is 18.4 Å². The van der Waals surface area contributed by atoms with Gasteiger partial charge in [0.1, 0.15) is 0 Å². The minimum Gasteiger partial charge on any atom is -0.267 e. The van der Waals surface area contributed by atoms with E-state index in [0.717, 1.165) is 29.5 Å². The van der Waals surface area contributed by atoms with Crippen LogP contribution in [-0.4, -0.2) is 10.2 Å². The van der Waals surface area contributed by atoms with Crippen LogP contribution in [0, 0.1) is 0 Å². The molecule has 1 aliphatic carbocycles. The van der Waals surface area contributed by atoms with Crippen molar-refractivity contribution in [2.45, 2.75) is 12.8 Å². The predicted molar refractivity (Wildman–Crippen MR) is 76.6 cm³/mol. The van der Waals surface area contributed by atoms with Gasteiger partial charge in [0.25, 0.3) is 5.56 Å². The van der Waals surface area contributed by atoms with Gasteiger partial charge < -0.3 is 0 Å². The van der Waals surface area contributed by atoms with Gasteiger partial charge in [0.2, 0.25) is 0 Å². The van der Waals surface area contributed by atoms with Gasteiger partial charge in [0.05, 0.1) is 11.8 Å². The highest BCUT2D eigenvalue weighted by atomic mass is 16.1. The van der Waals surface area contributed by atoms with E-state index in [1.54, 1.807) is 6.20 Å². The van der Waals surface area contributed by atoms with Crippen LogP contribution in [0.25, 0.3) is 16.7 Å². The molecular weight excluding hydrogens is 236 g/mol. The Morgan fingerprint density at radius 3 is 2.68 bits per heavy atom. The standard InChI is InChI=1S/C16H14N2O/c19-16-15(13-9-5-2-6-10-13)14(11-17-18-16)12-7-3-1-4-8-12/h2-3,5-11H,1,4H2,(H,18,19). The lowest BCUT2D eigenvalue weighted by Gasteiger charge is -2.11. The SMILES string of the molecule is O=c1[nH]ncc(C2=CCCC=C2)c1-c1ccccc1. The Balaban J connectivity index is 2.21. The molecule has 0 saturated carbocycles. The summed E-state index contributed by atoms with van der Waals surface area (Å²) < 4.78 is 0. The Kier molecular flexibility index (Phi) is 3.11. The van der Waals surface area contributed by atoms with Crippen LogP contribution in [0.15, 0.2) is 59.6 Å². The lowest BCUT2D eigenvalue weighted by Crippen LogP contribution is -2.13. The predicted octanol–water partition coefficient (Wildman–Crippen LogP) is 3.17. The van der Waals surface area contributed by atoms with Crippen molar-refractivity contribution in [3.05, 3.63) is 70.7 Å². The summed E-state index contributed by atoms with van der Waals surface area (Å²) in [5.74, 6) is 0. The maximum atomic E-state index is 12.1. The molecule has 0 atom stereocenters. The lowest BCUT2D eigenvalue weighted by molar-refractivity contribution is 0.983. The Labute approximate surface area is 111 Å². The van der Waals surface area contributed by atoms with Crippen LogP contribution in [0.4, 0.5) is 0 Å². The maximum Gasteiger partial charge on any atom is 0.272 e. The van der Waals surface area contributed by atoms with Crippen molar-refractivity contribution in [3.63, 3.8) is 0 Å². The third-order valence-corrected chi connectivity index (χ3v) is 3.22. The zero-order valence-electron chi connectivity index (χ0n) is 10.5. The van der Waals surface area contributed by atoms with Gasteiger partial charge in [-0.05, 0) is 24.0 Å². The fraction of sp³-hybridized carbons (Fsp3) is 0.125. The molecule has 3 nitrogen and oxygen atoms in total. The van der Waals surface area contributed by atoms with E-state index in [9.17, 15) is 4.79 Å². The molecule has 0 spiro atoms. The summed E-state index contributed by atoms with van der Waals surface area (Å²) >= 11 is 0. The molecular formula is C16H14N2O. The molecule has 1 aliphatic rings. The Bertz CT molecular complexity index is 696. The second-order valence-corrected chi connectivity index (χ2v) is 4.49. The molecule has 19 heavy (non-hydrogen) atoms. The molecule has 0 unspecified atom stereocenters. The van der Waals surface area contributed by atoms with Gasteiger partial charge >= 0.3 is 0 Å². The Morgan fingerprint density at radius 1 is 1.11 bits per heavy atom. The number of hydrogen-bond acceptors (Lipinski definition) is 2. The topological polar surface area (TPSA) is 45.8 Å². The second-order valence-electron chi connectivity index (χ2n) is 4.49. The fourth-order valence-electron chi connectivity index (χ4n) is 2.32. The summed E-state index contributed by atoms with van der Waals surface area (Å²) in [6.45, 7) is 0. The maximum absolute atomic E-state index is 12.1. The average molecular weight is 250 g/mol. The third kappa shape index (κ3) is 2.27. The van der Waals surface area contributed by atoms with Gasteiger partial charge in [-0.3, -0.25) is 4.79 Å². The summed E-state index contributed by atoms with van der Waals surface area (Å²) in [4.78, 5) is 12.1. The number of hydrogen-bond donors (Lipinski definition) is 1. The van der Waals surface area contributed by atoms with E-state index >= 15 is 0 Å². The monoisotopic (exact) mass is 250 g/mol. The highest BCUT2D eigenvalue weighted by molar-refractivity contribution is 5.84. The van der Waals surface area contributed by atoms with Gasteiger partial charge in [-0.1, -0.05) is 48.6 Å². The van der Waals surface area contributed by atoms with E-state index in [4.69, 9.17) is 0 Å². The van der Waals surface area contributed by atoms with Crippen molar-refractivity contribution in [3.8, 4) is 11.1 Å². The third-order valence-electron chi connectivity index (χ3n) is 3.22. The number of aromatic amines is 1. The Morgan fingerprint density at radius 2 is 1.95 bits per heavy atom. The van der Waals surface area contributed by atoms with Crippen LogP contribution in [0.5, 0.6) is 0 Å². The molecule has 1 heterocycles. The van der Waals surface area contributed by atoms with Crippen LogP contribution >= 0.6 is 0 Å². The summed E-state index contributed by atoms with van der Waals surface area (Å²) in [6, 6.07) is 9.70. The van der Waals surface area contributed by atoms with Crippen LogP contribution in [0.2, 0.25) is 0 Å². The average Bonchev–Trinajstić information content (AvgIpc) is 2.49. The highest BCUT2D eigenvalue weighted by Gasteiger charge is 2.13. The number of benzene rings is 1. The van der Waals surface area contributed by atoms with Crippen molar-refractivity contribution in [2.75, 3.05) is 0 Å². The smallest absolute Gasteiger partial charge is 0.267 e. The lowest BCUT2D eigenvalue weighted by atomic mass is 9.94. The fourth-order valence-corrected chi connectivity index (χ4v) is 2.32. The van der Waals surface area contributed by atoms with Crippen molar-refractivity contribution >= 4 is 5.57 Å². The van der Waals surface area contributed by atoms with E-state index in [1.165, 1.54) is 0 Å². The number of allylic oxidation sites excluding steroid dienone is 4. The molecule has 0 fully saturated rings. The summed E-state index contributed by atoms with van der Waals surface area (Å²) in [5, 5.41) is 6.45. The molecule has 0 aliphatic heterocycles. The van der Waals surface area contributed by atoms with Crippen LogP contribution in [-0.2, 0) is 0 Å². The summed E-state index contributed by atoms with van der Waals surface area (Å²) in [6.07, 6.45) is 10.1. The number of nitrogens with one attached hydrogen (secondary N) is 1. The van der Waals surface area contributed by atoms with E-state index in [0.29, 0.717) is 5.56 Å². The molecule has 2 aromatic rings. The Hall–Kier alpha value is -2.42. The van der Waals surface area contributed by atoms with E-state index in [2.05, 4.69) is 28.4 Å². The van der Waals surface area contributed by atoms with Crippen LogP contribution in [0.3, 0.4) is 0 Å². The quantitative estimate of drug-likeness (QED) is 0.889. The van der Waals surface area contributed by atoms with E-state index in [1.807, 2.05) is 30.3 Å². The largest absolute Gasteiger partial charge is 0.272 e. The first-order valence-electron chi connectivity index (χ1n) is 6.36.